The highest BCUT2D eigenvalue weighted by atomic mass is 32.2. The lowest BCUT2D eigenvalue weighted by Gasteiger charge is -2.25. The number of aliphatic hydroxyl groups excluding tert-OH is 1. The number of likely N-dealkylation sites (N-methyl/N-ethyl adjacent to an activating group) is 1. The maximum atomic E-state index is 8.63. The highest BCUT2D eigenvalue weighted by Crippen LogP contribution is 2.19. The molecule has 0 spiro atoms. The van der Waals surface area contributed by atoms with Gasteiger partial charge in [0.05, 0.1) is 12.2 Å². The first-order valence-corrected chi connectivity index (χ1v) is 4.22. The topological polar surface area (TPSA) is 32.7 Å². The van der Waals surface area contributed by atoms with E-state index >= 15 is 0 Å². The second kappa shape index (κ2) is 3.31. The lowest BCUT2D eigenvalue weighted by Crippen LogP contribution is -2.25. The van der Waals surface area contributed by atoms with Crippen LogP contribution in [0.1, 0.15) is 0 Å². The van der Waals surface area contributed by atoms with Crippen molar-refractivity contribution >= 4 is 16.2 Å². The van der Waals surface area contributed by atoms with Gasteiger partial charge in [-0.1, -0.05) is 10.7 Å². The zero-order valence-corrected chi connectivity index (χ0v) is 6.23. The quantitative estimate of drug-likeness (QED) is 0.506. The lowest BCUT2D eigenvalue weighted by atomic mass is 10.7. The first-order valence-electron chi connectivity index (χ1n) is 2.81. The molecule has 3 nitrogen and oxygen atoms in total. The van der Waals surface area contributed by atoms with Gasteiger partial charge in [-0.3, -0.25) is 4.31 Å². The van der Waals surface area contributed by atoms with E-state index in [1.807, 2.05) is 7.05 Å². The summed E-state index contributed by atoms with van der Waals surface area (Å²) < 4.78 is 7.21. The fourth-order valence-corrected chi connectivity index (χ4v) is 1.65. The average Bonchev–Trinajstić information content (AvgIpc) is 1.89. The molecular weight excluding hydrogens is 138 g/mol. The van der Waals surface area contributed by atoms with Crippen molar-refractivity contribution in [1.29, 1.82) is 0 Å². The second-order valence-corrected chi connectivity index (χ2v) is 3.76. The molecular formula is C5H11NO2S. The summed E-state index contributed by atoms with van der Waals surface area (Å²) in [7, 11) is 1.83. The minimum atomic E-state index is -0.155. The highest BCUT2D eigenvalue weighted by molar-refractivity contribution is 8.12. The zero-order valence-electron chi connectivity index (χ0n) is 5.41. The van der Waals surface area contributed by atoms with Gasteiger partial charge in [0.1, 0.15) is 5.94 Å². The van der Waals surface area contributed by atoms with Crippen LogP contribution in [0.25, 0.3) is 0 Å². The van der Waals surface area contributed by atoms with Crippen LogP contribution in [0, 0.1) is 0 Å². The first kappa shape index (κ1) is 7.21. The molecule has 54 valence electrons. The Hall–Kier alpha value is 0.1000. The number of hydrogen-bond donors (Lipinski definition) is 1. The van der Waals surface area contributed by atoms with Crippen LogP contribution in [0.5, 0.6) is 0 Å². The minimum Gasteiger partial charge on any atom is -0.369 e. The van der Waals surface area contributed by atoms with Crippen LogP contribution >= 0.6 is 10.7 Å². The van der Waals surface area contributed by atoms with Crippen molar-refractivity contribution in [2.24, 2.45) is 0 Å². The summed E-state index contributed by atoms with van der Waals surface area (Å²) in [6.07, 6.45) is 0. The molecule has 0 aromatic heterocycles. The number of aliphatic hydroxyl groups is 1. The monoisotopic (exact) mass is 149 g/mol. The van der Waals surface area contributed by atoms with E-state index in [0.717, 1.165) is 13.2 Å². The fourth-order valence-electron chi connectivity index (χ4n) is 0.656. The van der Waals surface area contributed by atoms with E-state index in [4.69, 9.17) is 9.84 Å². The van der Waals surface area contributed by atoms with Crippen LogP contribution in [0.15, 0.2) is 0 Å². The largest absolute Gasteiger partial charge is 0.369 e. The Labute approximate surface area is 57.3 Å². The Morgan fingerprint density at radius 2 is 2.56 bits per heavy atom. The summed E-state index contributed by atoms with van der Waals surface area (Å²) in [6, 6.07) is 0. The van der Waals surface area contributed by atoms with Gasteiger partial charge in [-0.2, -0.15) is 0 Å². The van der Waals surface area contributed by atoms with Crippen LogP contribution in [-0.2, 0) is 4.74 Å². The standard InChI is InChI=1S/C5H11NO2S/c1-6-2-3-8-5-9(6)4-7/h4,7H,2-3,5H2,1H3. The molecule has 1 fully saturated rings. The molecule has 0 saturated carbocycles. The van der Waals surface area contributed by atoms with Crippen molar-refractivity contribution in [3.63, 3.8) is 0 Å². The normalized spacial score (nSPS) is 31.1. The van der Waals surface area contributed by atoms with Crippen molar-refractivity contribution in [3.05, 3.63) is 0 Å². The molecule has 0 aromatic rings. The van der Waals surface area contributed by atoms with E-state index in [9.17, 15) is 0 Å². The van der Waals surface area contributed by atoms with Crippen molar-refractivity contribution in [1.82, 2.24) is 4.31 Å². The van der Waals surface area contributed by atoms with E-state index in [-0.39, 0.29) is 10.7 Å². The molecule has 1 saturated heterocycles. The molecule has 1 unspecified atom stereocenters. The van der Waals surface area contributed by atoms with Gasteiger partial charge in [0.25, 0.3) is 0 Å². The molecule has 1 heterocycles. The Morgan fingerprint density at radius 3 is 3.00 bits per heavy atom. The summed E-state index contributed by atoms with van der Waals surface area (Å²) in [5.41, 5.74) is 1.21. The predicted molar refractivity (Wildman–Crippen MR) is 39.7 cm³/mol. The predicted octanol–water partition coefficient (Wildman–Crippen LogP) is 0.407. The molecule has 0 bridgehead atoms. The summed E-state index contributed by atoms with van der Waals surface area (Å²) in [4.78, 5) is 0. The molecule has 1 atom stereocenters. The van der Waals surface area contributed by atoms with Gasteiger partial charge in [0, 0.05) is 6.54 Å². The van der Waals surface area contributed by atoms with Gasteiger partial charge in [-0.25, -0.2) is 0 Å². The third kappa shape index (κ3) is 1.76. The SMILES string of the molecule is CN1CCOCS1=CO. The number of hydrogen-bond acceptors (Lipinski definition) is 2. The smallest absolute Gasteiger partial charge is 0.102 e. The van der Waals surface area contributed by atoms with Gasteiger partial charge in [0.2, 0.25) is 0 Å². The maximum absolute atomic E-state index is 8.63. The van der Waals surface area contributed by atoms with Crippen LogP contribution < -0.4 is 0 Å². The van der Waals surface area contributed by atoms with E-state index in [1.165, 1.54) is 5.55 Å². The van der Waals surface area contributed by atoms with Crippen LogP contribution in [0.3, 0.4) is 0 Å². The minimum absolute atomic E-state index is 0.155. The molecule has 1 aliphatic rings. The molecule has 1 aliphatic heterocycles. The van der Waals surface area contributed by atoms with Crippen molar-refractivity contribution in [2.75, 3.05) is 26.1 Å². The van der Waals surface area contributed by atoms with Crippen LogP contribution in [0.4, 0.5) is 0 Å². The molecule has 0 radical (unpaired) electrons. The van der Waals surface area contributed by atoms with Gasteiger partial charge in [0.15, 0.2) is 0 Å². The van der Waals surface area contributed by atoms with Gasteiger partial charge >= 0.3 is 0 Å². The van der Waals surface area contributed by atoms with Crippen molar-refractivity contribution in [3.8, 4) is 0 Å². The van der Waals surface area contributed by atoms with E-state index in [0.29, 0.717) is 5.94 Å². The summed E-state index contributed by atoms with van der Waals surface area (Å²) in [5, 5.41) is 8.63. The Morgan fingerprint density at radius 1 is 1.78 bits per heavy atom. The van der Waals surface area contributed by atoms with E-state index in [1.54, 1.807) is 0 Å². The molecule has 0 amide bonds. The van der Waals surface area contributed by atoms with Gasteiger partial charge < -0.3 is 9.84 Å². The van der Waals surface area contributed by atoms with Crippen molar-refractivity contribution in [2.45, 2.75) is 0 Å². The second-order valence-electron chi connectivity index (χ2n) is 1.88. The third-order valence-corrected chi connectivity index (χ3v) is 2.91. The van der Waals surface area contributed by atoms with Crippen LogP contribution in [0.2, 0.25) is 0 Å². The molecule has 9 heavy (non-hydrogen) atoms. The van der Waals surface area contributed by atoms with E-state index in [2.05, 4.69) is 4.31 Å². The molecule has 1 N–H and O–H groups in total. The third-order valence-electron chi connectivity index (χ3n) is 1.28. The molecule has 4 heteroatoms. The van der Waals surface area contributed by atoms with Crippen LogP contribution in [-0.4, -0.2) is 41.1 Å². The van der Waals surface area contributed by atoms with Gasteiger partial charge in [-0.05, 0) is 7.05 Å². The lowest BCUT2D eigenvalue weighted by molar-refractivity contribution is 0.154. The Kier molecular flexibility index (Phi) is 2.65. The first-order chi connectivity index (χ1) is 4.34. The summed E-state index contributed by atoms with van der Waals surface area (Å²) in [6.45, 7) is 1.70. The summed E-state index contributed by atoms with van der Waals surface area (Å²) >= 11 is 0. The Balaban J connectivity index is 2.49. The number of rotatable bonds is 0. The molecule has 0 aliphatic carbocycles. The molecule has 1 rings (SSSR count). The average molecular weight is 149 g/mol. The number of nitrogens with zero attached hydrogens (tertiary/aromatic N) is 1. The zero-order chi connectivity index (χ0) is 6.69. The maximum Gasteiger partial charge on any atom is 0.102 e. The summed E-state index contributed by atoms with van der Waals surface area (Å²) in [5.74, 6) is 0.646. The van der Waals surface area contributed by atoms with Gasteiger partial charge in [-0.15, -0.1) is 0 Å². The van der Waals surface area contributed by atoms with E-state index < -0.39 is 0 Å². The Bertz CT molecular complexity index is 126. The highest BCUT2D eigenvalue weighted by Gasteiger charge is 2.08. The fraction of sp³-hybridized carbons (Fsp3) is 0.800. The number of ether oxygens (including phenoxy) is 1. The van der Waals surface area contributed by atoms with Crippen molar-refractivity contribution < 1.29 is 9.84 Å². The molecule has 0 aromatic carbocycles.